The summed E-state index contributed by atoms with van der Waals surface area (Å²) in [5, 5.41) is 1.36. The molecule has 0 bridgehead atoms. The molecule has 0 saturated heterocycles. The average Bonchev–Trinajstić information content (AvgIpc) is 2.96. The van der Waals surface area contributed by atoms with E-state index in [0.717, 1.165) is 5.56 Å². The second-order valence-corrected chi connectivity index (χ2v) is 5.56. The number of aromatic nitrogens is 3. The number of hydrogen-bond donors (Lipinski definition) is 1. The van der Waals surface area contributed by atoms with E-state index in [1.165, 1.54) is 11.8 Å². The second kappa shape index (κ2) is 6.15. The number of oxazole rings is 1. The van der Waals surface area contributed by atoms with Gasteiger partial charge in [0.05, 0.1) is 11.9 Å². The van der Waals surface area contributed by atoms with E-state index in [2.05, 4.69) is 15.0 Å². The lowest BCUT2D eigenvalue weighted by Gasteiger charge is -2.00. The van der Waals surface area contributed by atoms with E-state index in [0.29, 0.717) is 33.3 Å². The second-order valence-electron chi connectivity index (χ2n) is 4.16. The van der Waals surface area contributed by atoms with E-state index in [1.54, 1.807) is 18.6 Å². The molecule has 0 spiro atoms. The highest BCUT2D eigenvalue weighted by atomic mass is 35.5. The first kappa shape index (κ1) is 13.9. The van der Waals surface area contributed by atoms with E-state index in [4.69, 9.17) is 21.8 Å². The maximum absolute atomic E-state index is 5.86. The van der Waals surface area contributed by atoms with Crippen LogP contribution < -0.4 is 5.73 Å². The summed E-state index contributed by atoms with van der Waals surface area (Å²) < 4.78 is 5.71. The van der Waals surface area contributed by atoms with Crippen molar-refractivity contribution in [3.05, 3.63) is 53.8 Å². The molecule has 0 saturated carbocycles. The zero-order valence-electron chi connectivity index (χ0n) is 10.9. The van der Waals surface area contributed by atoms with Crippen molar-refractivity contribution in [2.24, 2.45) is 0 Å². The molecule has 0 unspecified atom stereocenters. The lowest BCUT2D eigenvalue weighted by atomic mass is 10.2. The SMILES string of the molecule is Nc1nccnc1SCc1ncc(-c2ccc(Cl)cc2)o1. The van der Waals surface area contributed by atoms with E-state index >= 15 is 0 Å². The van der Waals surface area contributed by atoms with Gasteiger partial charge in [-0.3, -0.25) is 0 Å². The van der Waals surface area contributed by atoms with Crippen molar-refractivity contribution >= 4 is 29.2 Å². The third kappa shape index (κ3) is 3.34. The Labute approximate surface area is 130 Å². The fourth-order valence-corrected chi connectivity index (χ4v) is 2.56. The van der Waals surface area contributed by atoms with Gasteiger partial charge in [-0.05, 0) is 24.3 Å². The number of anilines is 1. The Morgan fingerprint density at radius 3 is 2.62 bits per heavy atom. The smallest absolute Gasteiger partial charge is 0.205 e. The summed E-state index contributed by atoms with van der Waals surface area (Å²) in [7, 11) is 0. The molecule has 5 nitrogen and oxygen atoms in total. The number of hydrogen-bond acceptors (Lipinski definition) is 6. The Bertz CT molecular complexity index is 745. The van der Waals surface area contributed by atoms with Gasteiger partial charge in [-0.1, -0.05) is 23.4 Å². The summed E-state index contributed by atoms with van der Waals surface area (Å²) in [5.41, 5.74) is 6.67. The predicted molar refractivity (Wildman–Crippen MR) is 83.0 cm³/mol. The molecular weight excluding hydrogens is 308 g/mol. The normalized spacial score (nSPS) is 10.7. The van der Waals surface area contributed by atoms with Crippen LogP contribution in [0.5, 0.6) is 0 Å². The van der Waals surface area contributed by atoms with Crippen molar-refractivity contribution < 1.29 is 4.42 Å². The van der Waals surface area contributed by atoms with Crippen molar-refractivity contribution in [2.45, 2.75) is 10.8 Å². The quantitative estimate of drug-likeness (QED) is 0.740. The van der Waals surface area contributed by atoms with Gasteiger partial charge in [-0.15, -0.1) is 0 Å². The number of nitrogens with zero attached hydrogens (tertiary/aromatic N) is 3. The molecule has 3 aromatic rings. The van der Waals surface area contributed by atoms with Gasteiger partial charge in [0, 0.05) is 23.0 Å². The van der Waals surface area contributed by atoms with Crippen molar-refractivity contribution in [2.75, 3.05) is 5.73 Å². The highest BCUT2D eigenvalue weighted by Gasteiger charge is 2.09. The fourth-order valence-electron chi connectivity index (χ4n) is 1.70. The first-order valence-electron chi connectivity index (χ1n) is 6.12. The van der Waals surface area contributed by atoms with Crippen molar-refractivity contribution in [1.29, 1.82) is 0 Å². The standard InChI is InChI=1S/C14H11ClN4OS/c15-10-3-1-9(2-4-10)11-7-19-12(20-11)8-21-14-13(16)17-5-6-18-14/h1-7H,8H2,(H2,16,17). The Morgan fingerprint density at radius 2 is 1.86 bits per heavy atom. The predicted octanol–water partition coefficient (Wildman–Crippen LogP) is 3.66. The van der Waals surface area contributed by atoms with Crippen LogP contribution in [-0.4, -0.2) is 15.0 Å². The van der Waals surface area contributed by atoms with Gasteiger partial charge in [0.2, 0.25) is 5.89 Å². The first-order valence-corrected chi connectivity index (χ1v) is 7.48. The molecule has 0 fully saturated rings. The van der Waals surface area contributed by atoms with Crippen LogP contribution in [0.3, 0.4) is 0 Å². The number of thioether (sulfide) groups is 1. The molecule has 0 aliphatic rings. The van der Waals surface area contributed by atoms with E-state index in [1.807, 2.05) is 24.3 Å². The van der Waals surface area contributed by atoms with Gasteiger partial charge in [0.25, 0.3) is 0 Å². The van der Waals surface area contributed by atoms with Crippen LogP contribution in [0.15, 0.2) is 52.3 Å². The maximum atomic E-state index is 5.86. The van der Waals surface area contributed by atoms with Crippen molar-refractivity contribution in [3.63, 3.8) is 0 Å². The van der Waals surface area contributed by atoms with E-state index < -0.39 is 0 Å². The molecule has 0 aliphatic carbocycles. The molecular formula is C14H11ClN4OS. The summed E-state index contributed by atoms with van der Waals surface area (Å²) in [6, 6.07) is 7.41. The third-order valence-electron chi connectivity index (χ3n) is 2.71. The minimum absolute atomic E-state index is 0.409. The summed E-state index contributed by atoms with van der Waals surface area (Å²) in [6.07, 6.45) is 4.86. The van der Waals surface area contributed by atoms with E-state index in [9.17, 15) is 0 Å². The monoisotopic (exact) mass is 318 g/mol. The van der Waals surface area contributed by atoms with Gasteiger partial charge >= 0.3 is 0 Å². The molecule has 0 atom stereocenters. The lowest BCUT2D eigenvalue weighted by molar-refractivity contribution is 0.530. The van der Waals surface area contributed by atoms with Crippen LogP contribution in [0.2, 0.25) is 5.02 Å². The maximum Gasteiger partial charge on any atom is 0.205 e. The largest absolute Gasteiger partial charge is 0.440 e. The summed E-state index contributed by atoms with van der Waals surface area (Å²) in [6.45, 7) is 0. The molecule has 0 amide bonds. The summed E-state index contributed by atoms with van der Waals surface area (Å²) in [5.74, 6) is 2.26. The summed E-state index contributed by atoms with van der Waals surface area (Å²) in [4.78, 5) is 12.4. The highest BCUT2D eigenvalue weighted by Crippen LogP contribution is 2.27. The Morgan fingerprint density at radius 1 is 1.10 bits per heavy atom. The van der Waals surface area contributed by atoms with E-state index in [-0.39, 0.29) is 0 Å². The average molecular weight is 319 g/mol. The van der Waals surface area contributed by atoms with Crippen LogP contribution in [0.25, 0.3) is 11.3 Å². The minimum Gasteiger partial charge on any atom is -0.440 e. The van der Waals surface area contributed by atoms with Gasteiger partial charge in [0.15, 0.2) is 11.6 Å². The van der Waals surface area contributed by atoms with Crippen molar-refractivity contribution in [3.8, 4) is 11.3 Å². The molecule has 2 N–H and O–H groups in total. The van der Waals surface area contributed by atoms with Gasteiger partial charge in [-0.2, -0.15) is 0 Å². The van der Waals surface area contributed by atoms with Crippen LogP contribution >= 0.6 is 23.4 Å². The van der Waals surface area contributed by atoms with Gasteiger partial charge in [0.1, 0.15) is 5.03 Å². The third-order valence-corrected chi connectivity index (χ3v) is 3.94. The Hall–Kier alpha value is -2.05. The number of nitrogen functional groups attached to an aromatic ring is 1. The minimum atomic E-state index is 0.409. The first-order chi connectivity index (χ1) is 10.2. The number of benzene rings is 1. The number of rotatable bonds is 4. The molecule has 0 radical (unpaired) electrons. The molecule has 106 valence electrons. The number of nitrogens with two attached hydrogens (primary N) is 1. The van der Waals surface area contributed by atoms with Crippen LogP contribution in [0.1, 0.15) is 5.89 Å². The van der Waals surface area contributed by atoms with Crippen molar-refractivity contribution in [1.82, 2.24) is 15.0 Å². The molecule has 1 aromatic carbocycles. The fraction of sp³-hybridized carbons (Fsp3) is 0.0714. The lowest BCUT2D eigenvalue weighted by Crippen LogP contribution is -1.94. The van der Waals surface area contributed by atoms with Gasteiger partial charge < -0.3 is 10.2 Å². The topological polar surface area (TPSA) is 77.8 Å². The van der Waals surface area contributed by atoms with Crippen LogP contribution in [0, 0.1) is 0 Å². The van der Waals surface area contributed by atoms with Crippen LogP contribution in [0.4, 0.5) is 5.82 Å². The highest BCUT2D eigenvalue weighted by molar-refractivity contribution is 7.98. The van der Waals surface area contributed by atoms with Crippen LogP contribution in [-0.2, 0) is 5.75 Å². The molecule has 7 heteroatoms. The summed E-state index contributed by atoms with van der Waals surface area (Å²) >= 11 is 7.30. The molecule has 3 rings (SSSR count). The zero-order chi connectivity index (χ0) is 14.7. The van der Waals surface area contributed by atoms with Gasteiger partial charge in [-0.25, -0.2) is 15.0 Å². The Balaban J connectivity index is 1.71. The zero-order valence-corrected chi connectivity index (χ0v) is 12.4. The number of halogens is 1. The Kier molecular flexibility index (Phi) is 4.08. The molecule has 2 heterocycles. The molecule has 0 aliphatic heterocycles. The molecule has 21 heavy (non-hydrogen) atoms. The molecule has 2 aromatic heterocycles.